The molecule has 1 aliphatic rings. The molecule has 1 amide bonds. The summed E-state index contributed by atoms with van der Waals surface area (Å²) < 4.78 is 0. The number of nitrogens with zero attached hydrogens (tertiary/aromatic N) is 1. The molecule has 1 fully saturated rings. The predicted molar refractivity (Wildman–Crippen MR) is 57.8 cm³/mol. The lowest BCUT2D eigenvalue weighted by Crippen LogP contribution is -2.30. The van der Waals surface area contributed by atoms with E-state index in [2.05, 4.69) is 5.32 Å². The van der Waals surface area contributed by atoms with Crippen LogP contribution < -0.4 is 5.32 Å². The summed E-state index contributed by atoms with van der Waals surface area (Å²) in [5, 5.41) is 2.79. The first-order chi connectivity index (χ1) is 6.29. The molecule has 0 aliphatic carbocycles. The standard InChI is InChI=1S/C6H12N2O.2C2H6/c1-8-4-2-3-7-6(9)5-8;2*1-2/h2-5H2,1H3,(H,7,9);2*1-2H3. The summed E-state index contributed by atoms with van der Waals surface area (Å²) in [5.41, 5.74) is 0. The molecule has 0 bridgehead atoms. The Hall–Kier alpha value is -0.570. The third-order valence-electron chi connectivity index (χ3n) is 1.45. The van der Waals surface area contributed by atoms with Crippen LogP contribution in [0.15, 0.2) is 0 Å². The fraction of sp³-hybridized carbons (Fsp3) is 0.900. The van der Waals surface area contributed by atoms with Crippen LogP contribution in [0.2, 0.25) is 0 Å². The van der Waals surface area contributed by atoms with Crippen molar-refractivity contribution in [3.8, 4) is 0 Å². The van der Waals surface area contributed by atoms with Crippen molar-refractivity contribution in [2.45, 2.75) is 34.1 Å². The first kappa shape index (κ1) is 14.9. The molecule has 0 atom stereocenters. The van der Waals surface area contributed by atoms with Gasteiger partial charge in [0, 0.05) is 13.1 Å². The highest BCUT2D eigenvalue weighted by Gasteiger charge is 2.08. The zero-order chi connectivity index (χ0) is 10.7. The van der Waals surface area contributed by atoms with Crippen molar-refractivity contribution in [1.82, 2.24) is 10.2 Å². The van der Waals surface area contributed by atoms with Gasteiger partial charge in [0.15, 0.2) is 0 Å². The van der Waals surface area contributed by atoms with E-state index >= 15 is 0 Å². The number of amides is 1. The molecule has 80 valence electrons. The van der Waals surface area contributed by atoms with Gasteiger partial charge in [-0.15, -0.1) is 0 Å². The molecule has 1 heterocycles. The minimum absolute atomic E-state index is 0.148. The number of likely N-dealkylation sites (N-methyl/N-ethyl adjacent to an activating group) is 1. The van der Waals surface area contributed by atoms with Crippen LogP contribution in [-0.2, 0) is 4.79 Å². The summed E-state index contributed by atoms with van der Waals surface area (Å²) in [6, 6.07) is 0. The molecular formula is C10H24N2O. The second-order valence-electron chi connectivity index (χ2n) is 2.44. The SMILES string of the molecule is CC.CC.CN1CCCNC(=O)C1. The number of carbonyl (C=O) groups is 1. The van der Waals surface area contributed by atoms with Crippen LogP contribution in [0.3, 0.4) is 0 Å². The number of nitrogens with one attached hydrogen (secondary N) is 1. The molecule has 0 aromatic carbocycles. The van der Waals surface area contributed by atoms with Crippen LogP contribution in [0.1, 0.15) is 34.1 Å². The maximum Gasteiger partial charge on any atom is 0.234 e. The lowest BCUT2D eigenvalue weighted by molar-refractivity contribution is -0.121. The summed E-state index contributed by atoms with van der Waals surface area (Å²) in [4.78, 5) is 12.8. The van der Waals surface area contributed by atoms with E-state index in [1.807, 2.05) is 39.6 Å². The molecule has 0 spiro atoms. The molecule has 0 saturated carbocycles. The van der Waals surface area contributed by atoms with E-state index in [0.29, 0.717) is 6.54 Å². The van der Waals surface area contributed by atoms with Crippen LogP contribution in [0.5, 0.6) is 0 Å². The topological polar surface area (TPSA) is 32.3 Å². The van der Waals surface area contributed by atoms with Gasteiger partial charge >= 0.3 is 0 Å². The lowest BCUT2D eigenvalue weighted by atomic mass is 10.4. The number of carbonyl (C=O) groups excluding carboxylic acids is 1. The van der Waals surface area contributed by atoms with Crippen LogP contribution in [-0.4, -0.2) is 37.5 Å². The van der Waals surface area contributed by atoms with Crippen molar-refractivity contribution >= 4 is 5.91 Å². The summed E-state index contributed by atoms with van der Waals surface area (Å²) in [5.74, 6) is 0.148. The fourth-order valence-corrected chi connectivity index (χ4v) is 0.957. The molecule has 0 aromatic heterocycles. The third-order valence-corrected chi connectivity index (χ3v) is 1.45. The Bertz CT molecular complexity index is 115. The molecular weight excluding hydrogens is 164 g/mol. The molecule has 13 heavy (non-hydrogen) atoms. The van der Waals surface area contributed by atoms with Crippen molar-refractivity contribution in [2.75, 3.05) is 26.7 Å². The van der Waals surface area contributed by atoms with Crippen LogP contribution >= 0.6 is 0 Å². The van der Waals surface area contributed by atoms with E-state index in [1.54, 1.807) is 0 Å². The largest absolute Gasteiger partial charge is 0.355 e. The maximum atomic E-state index is 10.7. The predicted octanol–water partition coefficient (Wildman–Crippen LogP) is 1.49. The zero-order valence-electron chi connectivity index (χ0n) is 9.68. The van der Waals surface area contributed by atoms with Gasteiger partial charge in [0.1, 0.15) is 0 Å². The summed E-state index contributed by atoms with van der Waals surface area (Å²) >= 11 is 0. The Kier molecular flexibility index (Phi) is 13.1. The van der Waals surface area contributed by atoms with Gasteiger partial charge < -0.3 is 5.32 Å². The van der Waals surface area contributed by atoms with E-state index in [4.69, 9.17) is 0 Å². The average Bonchev–Trinajstić information content (AvgIpc) is 2.36. The van der Waals surface area contributed by atoms with Crippen molar-refractivity contribution in [2.24, 2.45) is 0 Å². The van der Waals surface area contributed by atoms with Crippen molar-refractivity contribution in [3.63, 3.8) is 0 Å². The van der Waals surface area contributed by atoms with Gasteiger partial charge in [-0.1, -0.05) is 27.7 Å². The van der Waals surface area contributed by atoms with Crippen molar-refractivity contribution in [1.29, 1.82) is 0 Å². The normalized spacial score (nSPS) is 16.8. The Morgan fingerprint density at radius 3 is 2.31 bits per heavy atom. The minimum Gasteiger partial charge on any atom is -0.355 e. The van der Waals surface area contributed by atoms with E-state index in [0.717, 1.165) is 19.5 Å². The molecule has 0 unspecified atom stereocenters. The van der Waals surface area contributed by atoms with E-state index < -0.39 is 0 Å². The molecule has 1 rings (SSSR count). The monoisotopic (exact) mass is 188 g/mol. The molecule has 0 radical (unpaired) electrons. The first-order valence-corrected chi connectivity index (χ1v) is 5.24. The van der Waals surface area contributed by atoms with Crippen molar-refractivity contribution in [3.05, 3.63) is 0 Å². The van der Waals surface area contributed by atoms with Gasteiger partial charge in [-0.2, -0.15) is 0 Å². The minimum atomic E-state index is 0.148. The van der Waals surface area contributed by atoms with Gasteiger partial charge in [-0.3, -0.25) is 9.69 Å². The van der Waals surface area contributed by atoms with Gasteiger partial charge in [-0.25, -0.2) is 0 Å². The molecule has 3 heteroatoms. The Labute approximate surface area is 82.5 Å². The maximum absolute atomic E-state index is 10.7. The van der Waals surface area contributed by atoms with Gasteiger partial charge in [0.25, 0.3) is 0 Å². The molecule has 1 aliphatic heterocycles. The zero-order valence-corrected chi connectivity index (χ0v) is 9.68. The highest BCUT2D eigenvalue weighted by molar-refractivity contribution is 5.78. The van der Waals surface area contributed by atoms with E-state index in [9.17, 15) is 4.79 Å². The number of rotatable bonds is 0. The average molecular weight is 188 g/mol. The highest BCUT2D eigenvalue weighted by atomic mass is 16.2. The highest BCUT2D eigenvalue weighted by Crippen LogP contribution is 1.90. The number of hydrogen-bond donors (Lipinski definition) is 1. The fourth-order valence-electron chi connectivity index (χ4n) is 0.957. The smallest absolute Gasteiger partial charge is 0.234 e. The van der Waals surface area contributed by atoms with E-state index in [1.165, 1.54) is 0 Å². The molecule has 1 N–H and O–H groups in total. The van der Waals surface area contributed by atoms with Gasteiger partial charge in [-0.05, 0) is 13.5 Å². The van der Waals surface area contributed by atoms with Crippen LogP contribution in [0.4, 0.5) is 0 Å². The quantitative estimate of drug-likeness (QED) is 0.624. The summed E-state index contributed by atoms with van der Waals surface area (Å²) in [6.45, 7) is 10.4. The van der Waals surface area contributed by atoms with E-state index in [-0.39, 0.29) is 5.91 Å². The van der Waals surface area contributed by atoms with Crippen molar-refractivity contribution < 1.29 is 4.79 Å². The second kappa shape index (κ2) is 11.4. The second-order valence-corrected chi connectivity index (χ2v) is 2.44. The lowest BCUT2D eigenvalue weighted by Gasteiger charge is -2.08. The van der Waals surface area contributed by atoms with Gasteiger partial charge in [0.2, 0.25) is 5.91 Å². The van der Waals surface area contributed by atoms with Gasteiger partial charge in [0.05, 0.1) is 6.54 Å². The number of hydrogen-bond acceptors (Lipinski definition) is 2. The van der Waals surface area contributed by atoms with Crippen LogP contribution in [0, 0.1) is 0 Å². The molecule has 0 aromatic rings. The first-order valence-electron chi connectivity index (χ1n) is 5.24. The summed E-state index contributed by atoms with van der Waals surface area (Å²) in [7, 11) is 1.96. The Balaban J connectivity index is 0. The molecule has 3 nitrogen and oxygen atoms in total. The Morgan fingerprint density at radius 1 is 1.23 bits per heavy atom. The Morgan fingerprint density at radius 2 is 1.77 bits per heavy atom. The van der Waals surface area contributed by atoms with Crippen LogP contribution in [0.25, 0.3) is 0 Å². The molecule has 1 saturated heterocycles. The summed E-state index contributed by atoms with van der Waals surface area (Å²) in [6.07, 6.45) is 1.07. The third kappa shape index (κ3) is 9.34.